The number of methoxy groups -OCH3 is 1. The molecule has 8 heteroatoms. The molecule has 7 nitrogen and oxygen atoms in total. The van der Waals surface area contributed by atoms with Gasteiger partial charge in [-0.05, 0) is 25.5 Å². The van der Waals surface area contributed by atoms with Gasteiger partial charge in [0.1, 0.15) is 5.75 Å². The van der Waals surface area contributed by atoms with E-state index >= 15 is 0 Å². The lowest BCUT2D eigenvalue weighted by Crippen LogP contribution is -3.19. The molecule has 150 valence electrons. The fourth-order valence-electron chi connectivity index (χ4n) is 4.10. The third kappa shape index (κ3) is 4.38. The maximum Gasteiger partial charge on any atom is 0.280 e. The van der Waals surface area contributed by atoms with Gasteiger partial charge in [-0.2, -0.15) is 0 Å². The molecule has 2 aliphatic heterocycles. The van der Waals surface area contributed by atoms with E-state index in [2.05, 4.69) is 11.0 Å². The van der Waals surface area contributed by atoms with Crippen molar-refractivity contribution in [2.24, 2.45) is 0 Å². The zero-order chi connectivity index (χ0) is 19.6. The number of likely N-dealkylation sites (N-methyl/N-ethyl adjacent to an activating group) is 1. The van der Waals surface area contributed by atoms with Gasteiger partial charge in [0, 0.05) is 13.1 Å². The van der Waals surface area contributed by atoms with E-state index in [9.17, 15) is 13.2 Å². The standard InChI is InChI=1S/C19H29N3O4S/c1-15(19(23)20(2)16-8-13-27(24,25)14-16)21-9-11-22(12-10-21)17-6-4-5-7-18(17)26-3/h4-7,15-16H,8-14H2,1-3H3/p+1/t15-,16+/m0/s1. The molecular weight excluding hydrogens is 366 g/mol. The Morgan fingerprint density at radius 1 is 1.30 bits per heavy atom. The van der Waals surface area contributed by atoms with Crippen molar-refractivity contribution in [3.8, 4) is 5.75 Å². The molecular formula is C19H30N3O4S+. The summed E-state index contributed by atoms with van der Waals surface area (Å²) in [5.74, 6) is 1.19. The summed E-state index contributed by atoms with van der Waals surface area (Å²) in [5.41, 5.74) is 1.09. The summed E-state index contributed by atoms with van der Waals surface area (Å²) in [4.78, 5) is 18.1. The van der Waals surface area contributed by atoms with Gasteiger partial charge in [0.05, 0.1) is 50.5 Å². The largest absolute Gasteiger partial charge is 0.495 e. The molecule has 0 aliphatic carbocycles. The van der Waals surface area contributed by atoms with Crippen LogP contribution in [0.2, 0.25) is 0 Å². The van der Waals surface area contributed by atoms with E-state index < -0.39 is 9.84 Å². The van der Waals surface area contributed by atoms with E-state index in [0.29, 0.717) is 6.42 Å². The highest BCUT2D eigenvalue weighted by atomic mass is 32.2. The molecule has 3 rings (SSSR count). The number of nitrogens with zero attached hydrogens (tertiary/aromatic N) is 2. The highest BCUT2D eigenvalue weighted by Gasteiger charge is 2.37. The number of carbonyl (C=O) groups excluding carboxylic acids is 1. The smallest absolute Gasteiger partial charge is 0.280 e. The Labute approximate surface area is 161 Å². The summed E-state index contributed by atoms with van der Waals surface area (Å²) in [7, 11) is 0.437. The zero-order valence-electron chi connectivity index (χ0n) is 16.3. The topological polar surface area (TPSA) is 71.4 Å². The molecule has 0 bridgehead atoms. The fraction of sp³-hybridized carbons (Fsp3) is 0.632. The number of anilines is 1. The molecule has 0 unspecified atom stereocenters. The second-order valence-corrected chi connectivity index (χ2v) is 9.77. The van der Waals surface area contributed by atoms with Gasteiger partial charge in [-0.1, -0.05) is 12.1 Å². The van der Waals surface area contributed by atoms with Crippen LogP contribution in [0, 0.1) is 0 Å². The van der Waals surface area contributed by atoms with Crippen molar-refractivity contribution in [3.63, 3.8) is 0 Å². The molecule has 0 aromatic heterocycles. The number of carbonyl (C=O) groups is 1. The van der Waals surface area contributed by atoms with Gasteiger partial charge in [-0.3, -0.25) is 4.79 Å². The molecule has 2 fully saturated rings. The van der Waals surface area contributed by atoms with E-state index in [-0.39, 0.29) is 29.5 Å². The van der Waals surface area contributed by atoms with Gasteiger partial charge in [-0.15, -0.1) is 0 Å². The van der Waals surface area contributed by atoms with Gasteiger partial charge in [0.2, 0.25) is 0 Å². The number of hydrogen-bond acceptors (Lipinski definition) is 5. The number of ether oxygens (including phenoxy) is 1. The minimum Gasteiger partial charge on any atom is -0.495 e. The maximum atomic E-state index is 12.9. The van der Waals surface area contributed by atoms with Crippen molar-refractivity contribution in [1.29, 1.82) is 0 Å². The molecule has 1 amide bonds. The number of piperazine rings is 1. The maximum absolute atomic E-state index is 12.9. The molecule has 0 saturated carbocycles. The third-order valence-corrected chi connectivity index (χ3v) is 7.67. The van der Waals surface area contributed by atoms with Gasteiger partial charge in [-0.25, -0.2) is 8.42 Å². The Kier molecular flexibility index (Phi) is 5.95. The Morgan fingerprint density at radius 3 is 2.56 bits per heavy atom. The minimum atomic E-state index is -2.99. The van der Waals surface area contributed by atoms with Crippen molar-refractivity contribution in [3.05, 3.63) is 24.3 Å². The van der Waals surface area contributed by atoms with E-state index in [4.69, 9.17) is 4.74 Å². The van der Waals surface area contributed by atoms with E-state index in [0.717, 1.165) is 37.6 Å². The normalized spacial score (nSPS) is 23.8. The number of rotatable bonds is 5. The van der Waals surface area contributed by atoms with Crippen LogP contribution in [-0.2, 0) is 14.6 Å². The molecule has 1 aromatic carbocycles. The van der Waals surface area contributed by atoms with Crippen LogP contribution in [0.25, 0.3) is 0 Å². The van der Waals surface area contributed by atoms with Gasteiger partial charge >= 0.3 is 0 Å². The molecule has 0 spiro atoms. The van der Waals surface area contributed by atoms with Crippen LogP contribution in [0.3, 0.4) is 0 Å². The SMILES string of the molecule is COc1ccccc1N1CC[NH+]([C@@H](C)C(=O)N(C)[C@@H]2CCS(=O)(=O)C2)CC1. The number of nitrogens with one attached hydrogen (secondary N) is 1. The molecule has 1 N–H and O–H groups in total. The van der Waals surface area contributed by atoms with E-state index in [1.54, 1.807) is 19.1 Å². The number of para-hydroxylation sites is 2. The summed E-state index contributed by atoms with van der Waals surface area (Å²) in [5, 5.41) is 0. The quantitative estimate of drug-likeness (QED) is 0.722. The van der Waals surface area contributed by atoms with Crippen LogP contribution in [0.5, 0.6) is 5.75 Å². The van der Waals surface area contributed by atoms with Crippen molar-refractivity contribution in [2.75, 3.05) is 56.7 Å². The number of sulfone groups is 1. The van der Waals surface area contributed by atoms with Crippen molar-refractivity contribution in [2.45, 2.75) is 25.4 Å². The van der Waals surface area contributed by atoms with Crippen LogP contribution in [0.1, 0.15) is 13.3 Å². The third-order valence-electron chi connectivity index (χ3n) is 5.92. The molecule has 2 saturated heterocycles. The summed E-state index contributed by atoms with van der Waals surface area (Å²) < 4.78 is 28.9. The Morgan fingerprint density at radius 2 is 1.96 bits per heavy atom. The first-order valence-corrected chi connectivity index (χ1v) is 11.3. The molecule has 27 heavy (non-hydrogen) atoms. The number of hydrogen-bond donors (Lipinski definition) is 1. The van der Waals surface area contributed by atoms with E-state index in [1.807, 2.05) is 25.1 Å². The zero-order valence-corrected chi connectivity index (χ0v) is 17.2. The fourth-order valence-corrected chi connectivity index (χ4v) is 5.87. The van der Waals surface area contributed by atoms with Crippen LogP contribution in [-0.4, -0.2) is 83.2 Å². The van der Waals surface area contributed by atoms with Gasteiger partial charge < -0.3 is 19.4 Å². The predicted octanol–water partition coefficient (Wildman–Crippen LogP) is -0.566. The van der Waals surface area contributed by atoms with E-state index in [1.165, 1.54) is 4.90 Å². The predicted molar refractivity (Wildman–Crippen MR) is 105 cm³/mol. The second-order valence-electron chi connectivity index (χ2n) is 7.54. The van der Waals surface area contributed by atoms with Crippen LogP contribution >= 0.6 is 0 Å². The lowest BCUT2D eigenvalue weighted by Gasteiger charge is -2.38. The highest BCUT2D eigenvalue weighted by Crippen LogP contribution is 2.27. The summed E-state index contributed by atoms with van der Waals surface area (Å²) in [6.07, 6.45) is 0.550. The summed E-state index contributed by atoms with van der Waals surface area (Å²) >= 11 is 0. The monoisotopic (exact) mass is 396 g/mol. The second kappa shape index (κ2) is 8.06. The average Bonchev–Trinajstić information content (AvgIpc) is 3.06. The van der Waals surface area contributed by atoms with Crippen molar-refractivity contribution in [1.82, 2.24) is 4.90 Å². The molecule has 2 heterocycles. The first-order valence-electron chi connectivity index (χ1n) is 9.52. The number of benzene rings is 1. The molecule has 2 aliphatic rings. The van der Waals surface area contributed by atoms with Crippen molar-refractivity contribution < 1.29 is 22.8 Å². The van der Waals surface area contributed by atoms with Gasteiger partial charge in [0.15, 0.2) is 15.9 Å². The lowest BCUT2D eigenvalue weighted by atomic mass is 10.1. The Balaban J connectivity index is 1.58. The van der Waals surface area contributed by atoms with Crippen molar-refractivity contribution >= 4 is 21.4 Å². The summed E-state index contributed by atoms with van der Waals surface area (Å²) in [6, 6.07) is 7.65. The lowest BCUT2D eigenvalue weighted by molar-refractivity contribution is -0.915. The molecule has 2 atom stereocenters. The molecule has 0 radical (unpaired) electrons. The Bertz CT molecular complexity index is 775. The van der Waals surface area contributed by atoms with Gasteiger partial charge in [0.25, 0.3) is 5.91 Å². The Hall–Kier alpha value is -1.80. The first-order chi connectivity index (χ1) is 12.8. The summed E-state index contributed by atoms with van der Waals surface area (Å²) in [6.45, 7) is 5.39. The van der Waals surface area contributed by atoms with Crippen LogP contribution in [0.15, 0.2) is 24.3 Å². The van der Waals surface area contributed by atoms with Crippen LogP contribution < -0.4 is 14.5 Å². The first kappa shape index (κ1) is 19.9. The number of quaternary nitrogens is 1. The molecule has 1 aromatic rings. The van der Waals surface area contributed by atoms with Crippen LogP contribution in [0.4, 0.5) is 5.69 Å². The highest BCUT2D eigenvalue weighted by molar-refractivity contribution is 7.91. The number of amides is 1. The average molecular weight is 397 g/mol. The minimum absolute atomic E-state index is 0.0397.